The molecule has 0 aromatic heterocycles. The fraction of sp³-hybridized carbons (Fsp3) is 0.385. The fourth-order valence-electron chi connectivity index (χ4n) is 1.59. The molecule has 0 spiro atoms. The second-order valence-corrected chi connectivity index (χ2v) is 3.93. The van der Waals surface area contributed by atoms with Gasteiger partial charge in [0.15, 0.2) is 5.41 Å². The van der Waals surface area contributed by atoms with Crippen molar-refractivity contribution >= 4 is 5.97 Å². The molecule has 0 bridgehead atoms. The lowest BCUT2D eigenvalue weighted by Crippen LogP contribution is -2.31. The van der Waals surface area contributed by atoms with Crippen molar-refractivity contribution in [3.8, 4) is 11.8 Å². The third-order valence-electron chi connectivity index (χ3n) is 2.86. The first-order chi connectivity index (χ1) is 7.99. The van der Waals surface area contributed by atoms with Crippen LogP contribution in [0.4, 0.5) is 0 Å². The van der Waals surface area contributed by atoms with Crippen LogP contribution in [0.25, 0.3) is 0 Å². The van der Waals surface area contributed by atoms with E-state index in [4.69, 9.17) is 10.00 Å². The molecule has 0 saturated heterocycles. The van der Waals surface area contributed by atoms with Crippen LogP contribution in [-0.2, 0) is 16.6 Å². The first kappa shape index (κ1) is 13.0. The Morgan fingerprint density at radius 1 is 1.59 bits per heavy atom. The summed E-state index contributed by atoms with van der Waals surface area (Å²) in [5, 5.41) is 18.3. The summed E-state index contributed by atoms with van der Waals surface area (Å²) < 4.78 is 5.13. The Morgan fingerprint density at radius 3 is 2.65 bits per heavy atom. The van der Waals surface area contributed by atoms with E-state index in [2.05, 4.69) is 0 Å². The van der Waals surface area contributed by atoms with Crippen molar-refractivity contribution in [3.05, 3.63) is 29.3 Å². The van der Waals surface area contributed by atoms with Crippen molar-refractivity contribution in [1.29, 1.82) is 5.26 Å². The summed E-state index contributed by atoms with van der Waals surface area (Å²) in [6, 6.07) is 7.12. The van der Waals surface area contributed by atoms with Crippen LogP contribution in [0.1, 0.15) is 25.0 Å². The average Bonchev–Trinajstić information content (AvgIpc) is 2.36. The molecule has 0 aliphatic rings. The molecule has 17 heavy (non-hydrogen) atoms. The lowest BCUT2D eigenvalue weighted by Gasteiger charge is -2.20. The van der Waals surface area contributed by atoms with Crippen LogP contribution < -0.4 is 4.74 Å². The summed E-state index contributed by atoms with van der Waals surface area (Å²) in [7, 11) is 1.46. The number of nitrogens with zero attached hydrogens (tertiary/aromatic N) is 1. The Kier molecular flexibility index (Phi) is 3.74. The van der Waals surface area contributed by atoms with Gasteiger partial charge in [0, 0.05) is 5.56 Å². The molecule has 1 rings (SSSR count). The van der Waals surface area contributed by atoms with Gasteiger partial charge in [-0.05, 0) is 31.0 Å². The van der Waals surface area contributed by atoms with Crippen LogP contribution in [0.3, 0.4) is 0 Å². The molecule has 90 valence electrons. The van der Waals surface area contributed by atoms with Crippen molar-refractivity contribution in [2.24, 2.45) is 0 Å². The number of hydrogen-bond acceptors (Lipinski definition) is 3. The summed E-state index contributed by atoms with van der Waals surface area (Å²) in [6.07, 6.45) is 0.776. The lowest BCUT2D eigenvalue weighted by molar-refractivity contribution is -0.141. The molecule has 0 saturated carbocycles. The van der Waals surface area contributed by atoms with E-state index in [-0.39, 0.29) is 0 Å². The van der Waals surface area contributed by atoms with Crippen molar-refractivity contribution in [2.75, 3.05) is 7.11 Å². The molecule has 4 nitrogen and oxygen atoms in total. The second-order valence-electron chi connectivity index (χ2n) is 3.93. The van der Waals surface area contributed by atoms with Gasteiger partial charge in [-0.15, -0.1) is 0 Å². The van der Waals surface area contributed by atoms with Gasteiger partial charge < -0.3 is 9.84 Å². The highest BCUT2D eigenvalue weighted by Gasteiger charge is 2.38. The maximum absolute atomic E-state index is 11.2. The van der Waals surface area contributed by atoms with Crippen LogP contribution in [0.15, 0.2) is 18.2 Å². The van der Waals surface area contributed by atoms with Gasteiger partial charge in [0.2, 0.25) is 0 Å². The largest absolute Gasteiger partial charge is 0.496 e. The third-order valence-corrected chi connectivity index (χ3v) is 2.86. The van der Waals surface area contributed by atoms with E-state index in [0.29, 0.717) is 11.3 Å². The fourth-order valence-corrected chi connectivity index (χ4v) is 1.59. The topological polar surface area (TPSA) is 70.3 Å². The summed E-state index contributed by atoms with van der Waals surface area (Å²) in [5.41, 5.74) is -0.214. The smallest absolute Gasteiger partial charge is 0.328 e. The van der Waals surface area contributed by atoms with Crippen LogP contribution in [-0.4, -0.2) is 18.2 Å². The van der Waals surface area contributed by atoms with Gasteiger partial charge in [0.05, 0.1) is 13.2 Å². The highest BCUT2D eigenvalue weighted by Crippen LogP contribution is 2.32. The number of aryl methyl sites for hydroxylation is 1. The molecular weight excluding hydrogens is 218 g/mol. The van der Waals surface area contributed by atoms with E-state index >= 15 is 0 Å². The number of hydrogen-bond donors (Lipinski definition) is 1. The van der Waals surface area contributed by atoms with E-state index < -0.39 is 11.4 Å². The summed E-state index contributed by atoms with van der Waals surface area (Å²) in [4.78, 5) is 11.2. The highest BCUT2D eigenvalue weighted by atomic mass is 16.5. The minimum absolute atomic E-state index is 0.398. The predicted octanol–water partition coefficient (Wildman–Crippen LogP) is 2.12. The van der Waals surface area contributed by atoms with Gasteiger partial charge in [0.25, 0.3) is 0 Å². The van der Waals surface area contributed by atoms with Crippen LogP contribution in [0.2, 0.25) is 0 Å². The van der Waals surface area contributed by atoms with Crippen LogP contribution >= 0.6 is 0 Å². The zero-order valence-electron chi connectivity index (χ0n) is 10.2. The van der Waals surface area contributed by atoms with Crippen molar-refractivity contribution < 1.29 is 14.6 Å². The minimum Gasteiger partial charge on any atom is -0.496 e. The van der Waals surface area contributed by atoms with Crippen LogP contribution in [0.5, 0.6) is 5.75 Å². The number of rotatable bonds is 4. The van der Waals surface area contributed by atoms with Crippen molar-refractivity contribution in [2.45, 2.75) is 25.7 Å². The number of carboxylic acid groups (broad SMARTS) is 1. The summed E-state index contributed by atoms with van der Waals surface area (Å²) in [5.74, 6) is -0.750. The molecule has 1 atom stereocenters. The zero-order chi connectivity index (χ0) is 13.1. The molecule has 1 unspecified atom stereocenters. The van der Waals surface area contributed by atoms with Gasteiger partial charge in [0.1, 0.15) is 5.75 Å². The number of benzene rings is 1. The number of methoxy groups -OCH3 is 1. The number of aliphatic carboxylic acids is 1. The Bertz CT molecular complexity index is 476. The molecule has 1 N–H and O–H groups in total. The second kappa shape index (κ2) is 4.88. The Balaban J connectivity index is 3.46. The first-order valence-corrected chi connectivity index (χ1v) is 5.31. The van der Waals surface area contributed by atoms with Gasteiger partial charge >= 0.3 is 5.97 Å². The third kappa shape index (κ3) is 2.23. The molecule has 0 fully saturated rings. The van der Waals surface area contributed by atoms with E-state index in [1.807, 2.05) is 19.1 Å². The molecule has 0 radical (unpaired) electrons. The molecule has 1 aromatic rings. The van der Waals surface area contributed by atoms with Gasteiger partial charge in [-0.25, -0.2) is 0 Å². The minimum atomic E-state index is -1.59. The molecule has 0 aliphatic carbocycles. The highest BCUT2D eigenvalue weighted by molar-refractivity contribution is 5.85. The number of nitriles is 1. The summed E-state index contributed by atoms with van der Waals surface area (Å²) >= 11 is 0. The molecule has 0 heterocycles. The standard InChI is InChI=1S/C13H15NO3/c1-4-9-5-6-11(17-3)10(7-9)13(2,8-14)12(15)16/h5-7H,4H2,1-3H3,(H,15,16). The Labute approximate surface area is 100 Å². The van der Waals surface area contributed by atoms with Gasteiger partial charge in [-0.1, -0.05) is 13.0 Å². The molecule has 0 amide bonds. The Morgan fingerprint density at radius 2 is 2.24 bits per heavy atom. The number of carbonyl (C=O) groups is 1. The molecule has 0 aliphatic heterocycles. The Hall–Kier alpha value is -2.02. The maximum Gasteiger partial charge on any atom is 0.328 e. The van der Waals surface area contributed by atoms with Crippen molar-refractivity contribution in [1.82, 2.24) is 0 Å². The quantitative estimate of drug-likeness (QED) is 0.864. The van der Waals surface area contributed by atoms with E-state index in [1.54, 1.807) is 12.1 Å². The van der Waals surface area contributed by atoms with Crippen LogP contribution in [0, 0.1) is 11.3 Å². The average molecular weight is 233 g/mol. The zero-order valence-corrected chi connectivity index (χ0v) is 10.2. The number of carboxylic acids is 1. The van der Waals surface area contributed by atoms with E-state index in [0.717, 1.165) is 12.0 Å². The maximum atomic E-state index is 11.2. The first-order valence-electron chi connectivity index (χ1n) is 5.31. The van der Waals surface area contributed by atoms with E-state index in [1.165, 1.54) is 14.0 Å². The monoisotopic (exact) mass is 233 g/mol. The van der Waals surface area contributed by atoms with Gasteiger partial charge in [-0.3, -0.25) is 4.79 Å². The molecule has 1 aromatic carbocycles. The van der Waals surface area contributed by atoms with E-state index in [9.17, 15) is 9.90 Å². The predicted molar refractivity (Wildman–Crippen MR) is 63.0 cm³/mol. The molecule has 4 heteroatoms. The SMILES string of the molecule is CCc1ccc(OC)c(C(C)(C#N)C(=O)O)c1. The van der Waals surface area contributed by atoms with Gasteiger partial charge in [-0.2, -0.15) is 5.26 Å². The molecular formula is C13H15NO3. The summed E-state index contributed by atoms with van der Waals surface area (Å²) in [6.45, 7) is 3.35. The lowest BCUT2D eigenvalue weighted by atomic mass is 9.82. The normalized spacial score (nSPS) is 13.5. The number of ether oxygens (including phenoxy) is 1. The van der Waals surface area contributed by atoms with Crippen molar-refractivity contribution in [3.63, 3.8) is 0 Å².